The van der Waals surface area contributed by atoms with E-state index in [9.17, 15) is 0 Å². The van der Waals surface area contributed by atoms with Crippen LogP contribution in [-0.2, 0) is 0 Å². The number of rotatable bonds is 4. The van der Waals surface area contributed by atoms with Gasteiger partial charge in [-0.05, 0) is 117 Å². The number of hydrogen-bond acceptors (Lipinski definition) is 1. The third-order valence-corrected chi connectivity index (χ3v) is 12.0. The maximum atomic E-state index is 6.49. The molecule has 0 spiro atoms. The molecule has 0 fully saturated rings. The Bertz CT molecular complexity index is 3530. The maximum Gasteiger partial charge on any atom is 0.143 e. The SMILES string of the molecule is c1cc(-c2ccc3ccccc3c2)cc(-c2c3ccccc3c(-c3ccc(-c4cc5c6ccccc6oc5c5ccccc45)c4ccccc34)c3ccccc23)c1. The number of para-hydroxylation sites is 1. The summed E-state index contributed by atoms with van der Waals surface area (Å²) in [5.74, 6) is 0. The summed E-state index contributed by atoms with van der Waals surface area (Å²) in [5, 5.41) is 14.6. The summed E-state index contributed by atoms with van der Waals surface area (Å²) < 4.78 is 6.49. The van der Waals surface area contributed by atoms with Gasteiger partial charge in [-0.25, -0.2) is 0 Å². The van der Waals surface area contributed by atoms with Crippen LogP contribution < -0.4 is 0 Å². The Morgan fingerprint density at radius 3 is 1.47 bits per heavy atom. The zero-order valence-electron chi connectivity index (χ0n) is 31.0. The summed E-state index contributed by atoms with van der Waals surface area (Å²) in [6, 6.07) is 75.4. The predicted molar refractivity (Wildman–Crippen MR) is 243 cm³/mol. The van der Waals surface area contributed by atoms with Gasteiger partial charge in [0.1, 0.15) is 11.2 Å². The fraction of sp³-hybridized carbons (Fsp3) is 0. The molecule has 12 rings (SSSR count). The molecule has 1 nitrogen and oxygen atoms in total. The van der Waals surface area contributed by atoms with Gasteiger partial charge in [-0.2, -0.15) is 0 Å². The van der Waals surface area contributed by atoms with Crippen molar-refractivity contribution < 1.29 is 4.42 Å². The molecule has 0 aliphatic rings. The molecule has 1 heterocycles. The van der Waals surface area contributed by atoms with E-state index in [-0.39, 0.29) is 0 Å². The molecule has 264 valence electrons. The Kier molecular flexibility index (Phi) is 7.00. The molecule has 0 radical (unpaired) electrons. The van der Waals surface area contributed by atoms with Crippen LogP contribution in [0, 0.1) is 0 Å². The molecule has 1 aromatic heterocycles. The highest BCUT2D eigenvalue weighted by molar-refractivity contribution is 6.25. The van der Waals surface area contributed by atoms with Crippen molar-refractivity contribution in [1.82, 2.24) is 0 Å². The molecule has 0 atom stereocenters. The zero-order chi connectivity index (χ0) is 37.5. The summed E-state index contributed by atoms with van der Waals surface area (Å²) in [6.07, 6.45) is 0. The molecule has 11 aromatic carbocycles. The van der Waals surface area contributed by atoms with Crippen molar-refractivity contribution in [2.24, 2.45) is 0 Å². The Morgan fingerprint density at radius 1 is 0.246 bits per heavy atom. The summed E-state index contributed by atoms with van der Waals surface area (Å²) in [7, 11) is 0. The molecule has 0 saturated heterocycles. The fourth-order valence-electron chi connectivity index (χ4n) is 9.47. The smallest absolute Gasteiger partial charge is 0.143 e. The van der Waals surface area contributed by atoms with E-state index in [0.29, 0.717) is 0 Å². The van der Waals surface area contributed by atoms with Crippen LogP contribution in [0.25, 0.3) is 120 Å². The van der Waals surface area contributed by atoms with Crippen molar-refractivity contribution in [2.45, 2.75) is 0 Å². The second kappa shape index (κ2) is 12.5. The molecule has 0 amide bonds. The zero-order valence-corrected chi connectivity index (χ0v) is 31.0. The highest BCUT2D eigenvalue weighted by atomic mass is 16.3. The topological polar surface area (TPSA) is 13.1 Å². The van der Waals surface area contributed by atoms with Gasteiger partial charge in [0.05, 0.1) is 0 Å². The lowest BCUT2D eigenvalue weighted by Gasteiger charge is -2.20. The molecule has 0 unspecified atom stereocenters. The van der Waals surface area contributed by atoms with Crippen molar-refractivity contribution in [2.75, 3.05) is 0 Å². The van der Waals surface area contributed by atoms with Crippen molar-refractivity contribution in [3.05, 3.63) is 206 Å². The van der Waals surface area contributed by atoms with Crippen LogP contribution in [0.4, 0.5) is 0 Å². The molecular weight excluding hydrogens is 689 g/mol. The van der Waals surface area contributed by atoms with Crippen molar-refractivity contribution in [3.8, 4) is 44.5 Å². The maximum absolute atomic E-state index is 6.49. The van der Waals surface area contributed by atoms with E-state index in [1.807, 2.05) is 6.07 Å². The van der Waals surface area contributed by atoms with Gasteiger partial charge >= 0.3 is 0 Å². The van der Waals surface area contributed by atoms with Crippen molar-refractivity contribution >= 4 is 75.8 Å². The highest BCUT2D eigenvalue weighted by Gasteiger charge is 2.21. The molecule has 0 aliphatic heterocycles. The first-order valence-corrected chi connectivity index (χ1v) is 19.7. The molecule has 1 heteroatoms. The lowest BCUT2D eigenvalue weighted by molar-refractivity contribution is 0.672. The van der Waals surface area contributed by atoms with Gasteiger partial charge in [0, 0.05) is 16.2 Å². The van der Waals surface area contributed by atoms with Crippen LogP contribution in [-0.4, -0.2) is 0 Å². The van der Waals surface area contributed by atoms with Crippen molar-refractivity contribution in [3.63, 3.8) is 0 Å². The number of benzene rings is 11. The van der Waals surface area contributed by atoms with Gasteiger partial charge in [-0.15, -0.1) is 0 Å². The minimum absolute atomic E-state index is 0.914. The van der Waals surface area contributed by atoms with Crippen molar-refractivity contribution in [1.29, 1.82) is 0 Å². The lowest BCUT2D eigenvalue weighted by Crippen LogP contribution is -1.93. The first-order chi connectivity index (χ1) is 28.3. The van der Waals surface area contributed by atoms with E-state index in [2.05, 4.69) is 200 Å². The second-order valence-corrected chi connectivity index (χ2v) is 15.1. The summed E-state index contributed by atoms with van der Waals surface area (Å²) in [6.45, 7) is 0. The first-order valence-electron chi connectivity index (χ1n) is 19.7. The van der Waals surface area contributed by atoms with Crippen LogP contribution in [0.5, 0.6) is 0 Å². The first kappa shape index (κ1) is 31.8. The lowest BCUT2D eigenvalue weighted by atomic mass is 9.83. The van der Waals surface area contributed by atoms with Gasteiger partial charge < -0.3 is 4.42 Å². The standard InChI is InChI=1S/C56H34O/c1-2-15-36-32-38(29-28-35(36)14-1)37-16-13-17-39(33-37)54-45-22-6-8-24-47(45)55(48-25-9-7-23-46(48)54)49-31-30-43(40-18-3-4-19-41(40)49)51-34-52-44-21-11-12-27-53(44)57-56(52)50-26-10-5-20-42(50)51/h1-34H. The van der Waals surface area contributed by atoms with E-state index in [4.69, 9.17) is 4.42 Å². The summed E-state index contributed by atoms with van der Waals surface area (Å²) >= 11 is 0. The number of hydrogen-bond donors (Lipinski definition) is 0. The van der Waals surface area contributed by atoms with Crippen LogP contribution >= 0.6 is 0 Å². The molecular formula is C56H34O. The number of furan rings is 1. The second-order valence-electron chi connectivity index (χ2n) is 15.1. The van der Waals surface area contributed by atoms with E-state index in [0.717, 1.165) is 27.3 Å². The molecule has 57 heavy (non-hydrogen) atoms. The van der Waals surface area contributed by atoms with Crippen LogP contribution in [0.15, 0.2) is 211 Å². The van der Waals surface area contributed by atoms with Gasteiger partial charge in [-0.3, -0.25) is 0 Å². The molecule has 12 aromatic rings. The molecule has 0 aliphatic carbocycles. The predicted octanol–water partition coefficient (Wildman–Crippen LogP) is 16.0. The number of fused-ring (bicyclic) bond motifs is 9. The minimum Gasteiger partial charge on any atom is -0.455 e. The Balaban J connectivity index is 1.10. The van der Waals surface area contributed by atoms with Crippen LogP contribution in [0.2, 0.25) is 0 Å². The molecule has 0 N–H and O–H groups in total. The normalized spacial score (nSPS) is 11.9. The Morgan fingerprint density at radius 2 is 0.754 bits per heavy atom. The van der Waals surface area contributed by atoms with E-state index in [1.165, 1.54) is 93.0 Å². The molecule has 0 bridgehead atoms. The van der Waals surface area contributed by atoms with Gasteiger partial charge in [0.25, 0.3) is 0 Å². The average Bonchev–Trinajstić information content (AvgIpc) is 3.66. The minimum atomic E-state index is 0.914. The molecule has 0 saturated carbocycles. The highest BCUT2D eigenvalue weighted by Crippen LogP contribution is 2.48. The Labute approximate surface area is 329 Å². The van der Waals surface area contributed by atoms with E-state index in [1.54, 1.807) is 0 Å². The van der Waals surface area contributed by atoms with Gasteiger partial charge in [0.2, 0.25) is 0 Å². The average molecular weight is 723 g/mol. The van der Waals surface area contributed by atoms with Crippen LogP contribution in [0.1, 0.15) is 0 Å². The Hall–Kier alpha value is -7.48. The van der Waals surface area contributed by atoms with E-state index < -0.39 is 0 Å². The van der Waals surface area contributed by atoms with Gasteiger partial charge in [0.15, 0.2) is 0 Å². The monoisotopic (exact) mass is 722 g/mol. The quantitative estimate of drug-likeness (QED) is 0.165. The largest absolute Gasteiger partial charge is 0.455 e. The fourth-order valence-corrected chi connectivity index (χ4v) is 9.47. The summed E-state index contributed by atoms with van der Waals surface area (Å²) in [4.78, 5) is 0. The van der Waals surface area contributed by atoms with Crippen LogP contribution in [0.3, 0.4) is 0 Å². The third kappa shape index (κ3) is 4.89. The van der Waals surface area contributed by atoms with Gasteiger partial charge in [-0.1, -0.05) is 182 Å². The third-order valence-electron chi connectivity index (χ3n) is 12.0. The summed E-state index contributed by atoms with van der Waals surface area (Å²) in [5.41, 5.74) is 11.7. The van der Waals surface area contributed by atoms with E-state index >= 15 is 0 Å².